The monoisotopic (exact) mass is 368 g/mol. The first-order chi connectivity index (χ1) is 8.95. The van der Waals surface area contributed by atoms with Gasteiger partial charge in [-0.1, -0.05) is 18.2 Å². The Morgan fingerprint density at radius 3 is 2.26 bits per heavy atom. The highest BCUT2D eigenvalue weighted by Gasteiger charge is 2.27. The molecule has 0 heterocycles. The second-order valence-electron chi connectivity index (χ2n) is 4.76. The molecule has 0 spiro atoms. The minimum atomic E-state index is -0.999. The first kappa shape index (κ1) is 14.3. The molecule has 2 aromatic carbocycles. The lowest BCUT2D eigenvalue weighted by Gasteiger charge is -2.26. The summed E-state index contributed by atoms with van der Waals surface area (Å²) in [5.74, 6) is 0.805. The second-order valence-corrected chi connectivity index (χ2v) is 6.01. The fourth-order valence-corrected chi connectivity index (χ4v) is 2.60. The molecule has 19 heavy (non-hydrogen) atoms. The maximum atomic E-state index is 10.8. The van der Waals surface area contributed by atoms with Crippen molar-refractivity contribution in [3.63, 3.8) is 0 Å². The van der Waals surface area contributed by atoms with Crippen molar-refractivity contribution in [2.45, 2.75) is 19.4 Å². The fraction of sp³-hybridized carbons (Fsp3) is 0.250. The van der Waals surface area contributed by atoms with Gasteiger partial charge in [0.25, 0.3) is 0 Å². The Labute approximate surface area is 127 Å². The van der Waals surface area contributed by atoms with E-state index in [2.05, 4.69) is 22.6 Å². The molecule has 0 saturated carbocycles. The number of halogens is 1. The van der Waals surface area contributed by atoms with E-state index in [0.29, 0.717) is 0 Å². The van der Waals surface area contributed by atoms with Crippen LogP contribution in [0.4, 0.5) is 0 Å². The lowest BCUT2D eigenvalue weighted by atomic mass is 9.85. The third kappa shape index (κ3) is 2.92. The van der Waals surface area contributed by atoms with Gasteiger partial charge in [0.05, 0.1) is 7.11 Å². The summed E-state index contributed by atoms with van der Waals surface area (Å²) in [6.45, 7) is 3.81. The zero-order valence-electron chi connectivity index (χ0n) is 11.3. The van der Waals surface area contributed by atoms with Crippen LogP contribution in [-0.4, -0.2) is 12.2 Å². The van der Waals surface area contributed by atoms with E-state index in [1.807, 2.05) is 56.3 Å². The van der Waals surface area contributed by atoms with Gasteiger partial charge < -0.3 is 9.84 Å². The van der Waals surface area contributed by atoms with Crippen molar-refractivity contribution in [2.75, 3.05) is 7.11 Å². The Morgan fingerprint density at radius 2 is 1.74 bits per heavy atom. The molecule has 2 nitrogen and oxygen atoms in total. The fourth-order valence-electron chi connectivity index (χ4n) is 2.24. The average Bonchev–Trinajstić information content (AvgIpc) is 2.38. The molecule has 2 rings (SSSR count). The number of rotatable bonds is 3. The van der Waals surface area contributed by atoms with Crippen molar-refractivity contribution >= 4 is 22.6 Å². The van der Waals surface area contributed by atoms with Gasteiger partial charge in [-0.05, 0) is 77.4 Å². The summed E-state index contributed by atoms with van der Waals surface area (Å²) in [4.78, 5) is 0. The summed E-state index contributed by atoms with van der Waals surface area (Å²) in [5, 5.41) is 10.8. The highest BCUT2D eigenvalue weighted by molar-refractivity contribution is 14.1. The molecule has 100 valence electrons. The predicted molar refractivity (Wildman–Crippen MR) is 85.6 cm³/mol. The Balaban J connectivity index is 2.46. The van der Waals surface area contributed by atoms with Gasteiger partial charge in [-0.25, -0.2) is 0 Å². The normalized spacial score (nSPS) is 13.9. The summed E-state index contributed by atoms with van der Waals surface area (Å²) in [6.07, 6.45) is 0. The van der Waals surface area contributed by atoms with E-state index in [1.165, 1.54) is 0 Å². The maximum absolute atomic E-state index is 10.8. The molecule has 3 heteroatoms. The van der Waals surface area contributed by atoms with Gasteiger partial charge in [-0.3, -0.25) is 0 Å². The molecule has 1 unspecified atom stereocenters. The maximum Gasteiger partial charge on any atom is 0.119 e. The standard InChI is InChI=1S/C16H17IO2/c1-11-10-14(19-3)8-9-15(11)16(2,18)12-4-6-13(17)7-5-12/h4-10,18H,1-3H3. The van der Waals surface area contributed by atoms with Gasteiger partial charge in [0.2, 0.25) is 0 Å². The van der Waals surface area contributed by atoms with Crippen molar-refractivity contribution in [3.8, 4) is 5.75 Å². The average molecular weight is 368 g/mol. The highest BCUT2D eigenvalue weighted by atomic mass is 127. The van der Waals surface area contributed by atoms with E-state index in [1.54, 1.807) is 7.11 Å². The summed E-state index contributed by atoms with van der Waals surface area (Å²) < 4.78 is 6.36. The van der Waals surface area contributed by atoms with E-state index in [0.717, 1.165) is 26.0 Å². The van der Waals surface area contributed by atoms with Crippen molar-refractivity contribution in [3.05, 3.63) is 62.7 Å². The lowest BCUT2D eigenvalue weighted by molar-refractivity contribution is 0.101. The second kappa shape index (κ2) is 5.51. The third-order valence-electron chi connectivity index (χ3n) is 3.36. The van der Waals surface area contributed by atoms with Crippen LogP contribution in [0.2, 0.25) is 0 Å². The molecule has 1 atom stereocenters. The predicted octanol–water partition coefficient (Wildman–Crippen LogP) is 3.86. The van der Waals surface area contributed by atoms with Crippen LogP contribution in [0.5, 0.6) is 5.75 Å². The van der Waals surface area contributed by atoms with E-state index in [9.17, 15) is 5.11 Å². The molecule has 0 aliphatic rings. The molecule has 0 amide bonds. The van der Waals surface area contributed by atoms with Crippen LogP contribution < -0.4 is 4.74 Å². The summed E-state index contributed by atoms with van der Waals surface area (Å²) >= 11 is 2.26. The van der Waals surface area contributed by atoms with Gasteiger partial charge in [0, 0.05) is 3.57 Å². The number of hydrogen-bond acceptors (Lipinski definition) is 2. The minimum Gasteiger partial charge on any atom is -0.497 e. The Kier molecular flexibility index (Phi) is 4.16. The van der Waals surface area contributed by atoms with E-state index in [4.69, 9.17) is 4.74 Å². The van der Waals surface area contributed by atoms with E-state index in [-0.39, 0.29) is 0 Å². The molecule has 0 saturated heterocycles. The first-order valence-electron chi connectivity index (χ1n) is 6.08. The van der Waals surface area contributed by atoms with Crippen LogP contribution in [-0.2, 0) is 5.60 Å². The molecule has 0 radical (unpaired) electrons. The lowest BCUT2D eigenvalue weighted by Crippen LogP contribution is -2.23. The topological polar surface area (TPSA) is 29.5 Å². The molecule has 0 aliphatic carbocycles. The molecule has 0 fully saturated rings. The quantitative estimate of drug-likeness (QED) is 0.834. The minimum absolute atomic E-state index is 0.805. The first-order valence-corrected chi connectivity index (χ1v) is 7.16. The van der Waals surface area contributed by atoms with Crippen LogP contribution in [0.25, 0.3) is 0 Å². The molecular formula is C16H17IO2. The Hall–Kier alpha value is -1.07. The summed E-state index contributed by atoms with van der Waals surface area (Å²) in [7, 11) is 1.64. The molecule has 0 aliphatic heterocycles. The van der Waals surface area contributed by atoms with Crippen molar-refractivity contribution in [1.29, 1.82) is 0 Å². The number of hydrogen-bond donors (Lipinski definition) is 1. The zero-order valence-corrected chi connectivity index (χ0v) is 13.4. The smallest absolute Gasteiger partial charge is 0.119 e. The number of ether oxygens (including phenoxy) is 1. The molecule has 1 N–H and O–H groups in total. The van der Waals surface area contributed by atoms with E-state index >= 15 is 0 Å². The third-order valence-corrected chi connectivity index (χ3v) is 4.08. The van der Waals surface area contributed by atoms with Gasteiger partial charge in [0.1, 0.15) is 11.4 Å². The summed E-state index contributed by atoms with van der Waals surface area (Å²) in [6, 6.07) is 13.7. The number of benzene rings is 2. The van der Waals surface area contributed by atoms with Gasteiger partial charge in [0.15, 0.2) is 0 Å². The van der Waals surface area contributed by atoms with Crippen molar-refractivity contribution in [2.24, 2.45) is 0 Å². The molecule has 0 bridgehead atoms. The van der Waals surface area contributed by atoms with Gasteiger partial charge in [-0.2, -0.15) is 0 Å². The van der Waals surface area contributed by atoms with Crippen LogP contribution in [0.3, 0.4) is 0 Å². The molecule has 2 aromatic rings. The Morgan fingerprint density at radius 1 is 1.11 bits per heavy atom. The van der Waals surface area contributed by atoms with Gasteiger partial charge >= 0.3 is 0 Å². The molecule has 0 aromatic heterocycles. The van der Waals surface area contributed by atoms with Crippen LogP contribution in [0.1, 0.15) is 23.6 Å². The van der Waals surface area contributed by atoms with Crippen LogP contribution in [0.15, 0.2) is 42.5 Å². The van der Waals surface area contributed by atoms with Gasteiger partial charge in [-0.15, -0.1) is 0 Å². The Bertz CT molecular complexity index is 574. The molecular weight excluding hydrogens is 351 g/mol. The van der Waals surface area contributed by atoms with Crippen molar-refractivity contribution < 1.29 is 9.84 Å². The highest BCUT2D eigenvalue weighted by Crippen LogP contribution is 2.33. The van der Waals surface area contributed by atoms with E-state index < -0.39 is 5.60 Å². The van der Waals surface area contributed by atoms with Crippen LogP contribution >= 0.6 is 22.6 Å². The SMILES string of the molecule is COc1ccc(C(C)(O)c2ccc(I)cc2)c(C)c1. The number of methoxy groups -OCH3 is 1. The summed E-state index contributed by atoms with van der Waals surface area (Å²) in [5.41, 5.74) is 1.80. The largest absolute Gasteiger partial charge is 0.497 e. The number of aryl methyl sites for hydroxylation is 1. The van der Waals surface area contributed by atoms with Crippen LogP contribution in [0, 0.1) is 10.5 Å². The number of aliphatic hydroxyl groups is 1. The zero-order chi connectivity index (χ0) is 14.0. The van der Waals surface area contributed by atoms with Crippen molar-refractivity contribution in [1.82, 2.24) is 0 Å².